The van der Waals surface area contributed by atoms with Crippen LogP contribution in [-0.4, -0.2) is 22.5 Å². The molecule has 2 aliphatic heterocycles. The van der Waals surface area contributed by atoms with Crippen molar-refractivity contribution in [2.45, 2.75) is 19.1 Å². The minimum Gasteiger partial charge on any atom is -0.273 e. The van der Waals surface area contributed by atoms with E-state index in [0.717, 1.165) is 16.9 Å². The van der Waals surface area contributed by atoms with E-state index in [0.29, 0.717) is 21.9 Å². The molecule has 2 amide bonds. The Morgan fingerprint density at radius 3 is 2.08 bits per heavy atom. The molecule has 7 nitrogen and oxygen atoms in total. The van der Waals surface area contributed by atoms with Gasteiger partial charge in [-0.2, -0.15) is 0 Å². The number of para-hydroxylation sites is 3. The van der Waals surface area contributed by atoms with E-state index in [9.17, 15) is 14.4 Å². The number of anilines is 2. The van der Waals surface area contributed by atoms with Gasteiger partial charge in [0.05, 0.1) is 21.9 Å². The summed E-state index contributed by atoms with van der Waals surface area (Å²) in [7, 11) is 0. The SMILES string of the molecule is Cc1ccccc1N1C(=O)[C@H]2[C@@H](ON(c3ccccc3)[C@H]2c2sc(=O)n(-c3ccccc3)c2Cl)C1=O. The van der Waals surface area contributed by atoms with Gasteiger partial charge in [0.15, 0.2) is 6.10 Å². The maximum atomic E-state index is 13.9. The standard InChI is InChI=1S/C27H20ClN3O4S/c1-16-10-8-9-15-19(16)30-25(32)20-21(31(35-22(20)26(30)33)18-13-6-3-7-14-18)23-24(28)29(27(34)36-23)17-11-4-2-5-12-17/h2-15,20-22H,1H3/t20-,21-,22-/m1/s1. The molecule has 0 aliphatic carbocycles. The summed E-state index contributed by atoms with van der Waals surface area (Å²) in [6, 6.07) is 24.7. The summed E-state index contributed by atoms with van der Waals surface area (Å²) in [5.41, 5.74) is 2.60. The van der Waals surface area contributed by atoms with Crippen LogP contribution in [0.4, 0.5) is 11.4 Å². The highest BCUT2D eigenvalue weighted by molar-refractivity contribution is 7.10. The van der Waals surface area contributed by atoms with Gasteiger partial charge in [-0.05, 0) is 42.8 Å². The Morgan fingerprint density at radius 2 is 1.42 bits per heavy atom. The van der Waals surface area contributed by atoms with Crippen molar-refractivity contribution < 1.29 is 14.4 Å². The van der Waals surface area contributed by atoms with Crippen LogP contribution in [0, 0.1) is 12.8 Å². The number of hydrogen-bond donors (Lipinski definition) is 0. The first-order valence-corrected chi connectivity index (χ1v) is 12.6. The van der Waals surface area contributed by atoms with E-state index in [2.05, 4.69) is 0 Å². The molecule has 1 aromatic heterocycles. The minimum atomic E-state index is -1.04. The summed E-state index contributed by atoms with van der Waals surface area (Å²) >= 11 is 7.79. The van der Waals surface area contributed by atoms with E-state index < -0.39 is 24.0 Å². The van der Waals surface area contributed by atoms with Gasteiger partial charge in [-0.15, -0.1) is 0 Å². The summed E-state index contributed by atoms with van der Waals surface area (Å²) in [5.74, 6) is -1.70. The van der Waals surface area contributed by atoms with E-state index in [1.165, 1.54) is 9.47 Å². The maximum absolute atomic E-state index is 13.9. The molecule has 36 heavy (non-hydrogen) atoms. The van der Waals surface area contributed by atoms with Gasteiger partial charge in [-0.1, -0.05) is 77.5 Å². The third-order valence-electron chi connectivity index (χ3n) is 6.54. The van der Waals surface area contributed by atoms with Gasteiger partial charge in [-0.25, -0.2) is 9.96 Å². The van der Waals surface area contributed by atoms with Gasteiger partial charge in [0.2, 0.25) is 5.91 Å². The van der Waals surface area contributed by atoms with E-state index >= 15 is 0 Å². The number of benzene rings is 3. The number of amides is 2. The van der Waals surface area contributed by atoms with Crippen LogP contribution in [-0.2, 0) is 14.4 Å². The Morgan fingerprint density at radius 1 is 0.806 bits per heavy atom. The number of imide groups is 1. The first-order valence-electron chi connectivity index (χ1n) is 11.4. The number of nitrogens with zero attached hydrogens (tertiary/aromatic N) is 3. The Bertz CT molecular complexity index is 1540. The molecule has 9 heteroatoms. The van der Waals surface area contributed by atoms with Crippen molar-refractivity contribution in [2.75, 3.05) is 9.96 Å². The van der Waals surface area contributed by atoms with Gasteiger partial charge in [0.1, 0.15) is 17.1 Å². The average molecular weight is 518 g/mol. The van der Waals surface area contributed by atoms with E-state index in [-0.39, 0.29) is 15.9 Å². The lowest BCUT2D eigenvalue weighted by molar-refractivity contribution is -0.126. The molecule has 2 aliphatic rings. The second-order valence-corrected chi connectivity index (χ2v) is 10.0. The third-order valence-corrected chi connectivity index (χ3v) is 8.04. The van der Waals surface area contributed by atoms with Crippen LogP contribution >= 0.6 is 22.9 Å². The number of hydrogen-bond acceptors (Lipinski definition) is 6. The van der Waals surface area contributed by atoms with Crippen LogP contribution in [0.25, 0.3) is 5.69 Å². The number of aromatic nitrogens is 1. The van der Waals surface area contributed by atoms with Gasteiger partial charge < -0.3 is 0 Å². The fourth-order valence-corrected chi connectivity index (χ4v) is 6.35. The highest BCUT2D eigenvalue weighted by Crippen LogP contribution is 2.50. The molecule has 0 unspecified atom stereocenters. The van der Waals surface area contributed by atoms with Crippen molar-refractivity contribution in [1.82, 2.24) is 4.57 Å². The van der Waals surface area contributed by atoms with Gasteiger partial charge in [-0.3, -0.25) is 23.8 Å². The normalized spacial score (nSPS) is 21.3. The number of halogens is 1. The zero-order valence-electron chi connectivity index (χ0n) is 19.1. The van der Waals surface area contributed by atoms with Crippen LogP contribution < -0.4 is 14.8 Å². The van der Waals surface area contributed by atoms with Crippen LogP contribution in [0.15, 0.2) is 89.7 Å². The number of thiazole rings is 1. The molecule has 2 saturated heterocycles. The minimum absolute atomic E-state index is 0.195. The van der Waals surface area contributed by atoms with Crippen molar-refractivity contribution in [1.29, 1.82) is 0 Å². The molecule has 0 bridgehead atoms. The van der Waals surface area contributed by atoms with Crippen LogP contribution in [0.5, 0.6) is 0 Å². The zero-order chi connectivity index (χ0) is 25.0. The van der Waals surface area contributed by atoms with Crippen molar-refractivity contribution >= 4 is 46.1 Å². The molecule has 6 rings (SSSR count). The molecule has 2 fully saturated rings. The van der Waals surface area contributed by atoms with E-state index in [4.69, 9.17) is 16.4 Å². The Balaban J connectivity index is 1.50. The first kappa shape index (κ1) is 22.7. The molecule has 0 spiro atoms. The molecule has 0 N–H and O–H groups in total. The predicted molar refractivity (Wildman–Crippen MR) is 139 cm³/mol. The number of carbonyl (C=O) groups is 2. The van der Waals surface area contributed by atoms with Crippen molar-refractivity contribution in [2.24, 2.45) is 5.92 Å². The highest BCUT2D eigenvalue weighted by atomic mass is 35.5. The van der Waals surface area contributed by atoms with E-state index in [1.54, 1.807) is 29.3 Å². The molecule has 4 aromatic rings. The molecular weight excluding hydrogens is 498 g/mol. The quantitative estimate of drug-likeness (QED) is 0.360. The lowest BCUT2D eigenvalue weighted by Gasteiger charge is -2.28. The zero-order valence-corrected chi connectivity index (χ0v) is 20.6. The molecule has 0 saturated carbocycles. The number of fused-ring (bicyclic) bond motifs is 1. The van der Waals surface area contributed by atoms with Gasteiger partial charge in [0, 0.05) is 0 Å². The summed E-state index contributed by atoms with van der Waals surface area (Å²) in [5, 5.41) is 1.74. The number of hydroxylamine groups is 1. The Kier molecular flexibility index (Phi) is 5.52. The Labute approximate surface area is 215 Å². The number of aryl methyl sites for hydroxylation is 1. The van der Waals surface area contributed by atoms with Crippen LogP contribution in [0.1, 0.15) is 16.5 Å². The summed E-state index contributed by atoms with van der Waals surface area (Å²) in [4.78, 5) is 48.1. The molecule has 0 radical (unpaired) electrons. The van der Waals surface area contributed by atoms with Crippen LogP contribution in [0.3, 0.4) is 0 Å². The van der Waals surface area contributed by atoms with Crippen molar-refractivity contribution in [3.63, 3.8) is 0 Å². The lowest BCUT2D eigenvalue weighted by atomic mass is 9.95. The van der Waals surface area contributed by atoms with Crippen molar-refractivity contribution in [3.05, 3.63) is 110 Å². The largest absolute Gasteiger partial charge is 0.313 e. The average Bonchev–Trinajstić information content (AvgIpc) is 3.50. The fourth-order valence-electron chi connectivity index (χ4n) is 4.88. The fraction of sp³-hybridized carbons (Fsp3) is 0.148. The summed E-state index contributed by atoms with van der Waals surface area (Å²) in [6.45, 7) is 1.85. The van der Waals surface area contributed by atoms with Gasteiger partial charge >= 0.3 is 4.87 Å². The summed E-state index contributed by atoms with van der Waals surface area (Å²) < 4.78 is 1.42. The molecule has 3 atom stereocenters. The van der Waals surface area contributed by atoms with E-state index in [1.807, 2.05) is 67.6 Å². The summed E-state index contributed by atoms with van der Waals surface area (Å²) in [6.07, 6.45) is -1.04. The maximum Gasteiger partial charge on any atom is 0.313 e. The van der Waals surface area contributed by atoms with Gasteiger partial charge in [0.25, 0.3) is 5.91 Å². The number of rotatable bonds is 4. The highest BCUT2D eigenvalue weighted by Gasteiger charge is 2.61. The lowest BCUT2D eigenvalue weighted by Crippen LogP contribution is -2.37. The molecule has 3 heterocycles. The smallest absolute Gasteiger partial charge is 0.273 e. The second kappa shape index (κ2) is 8.74. The Hall–Kier alpha value is -3.72. The second-order valence-electron chi connectivity index (χ2n) is 8.65. The first-order chi connectivity index (χ1) is 17.5. The molecule has 3 aromatic carbocycles. The predicted octanol–water partition coefficient (Wildman–Crippen LogP) is 4.91. The topological polar surface area (TPSA) is 71.8 Å². The number of carbonyl (C=O) groups excluding carboxylic acids is 2. The monoisotopic (exact) mass is 517 g/mol. The molecular formula is C27H20ClN3O4S. The van der Waals surface area contributed by atoms with Crippen molar-refractivity contribution in [3.8, 4) is 5.69 Å². The van der Waals surface area contributed by atoms with Crippen LogP contribution in [0.2, 0.25) is 5.15 Å². The third kappa shape index (κ3) is 3.41. The molecule has 180 valence electrons.